The van der Waals surface area contributed by atoms with E-state index in [1.165, 1.54) is 23.5 Å². The minimum Gasteiger partial charge on any atom is -0.744 e. The molecule has 0 fully saturated rings. The Hall–Kier alpha value is -0.770. The van der Waals surface area contributed by atoms with Crippen molar-refractivity contribution in [2.75, 3.05) is 6.61 Å². The molecule has 1 aromatic carbocycles. The molecule has 0 saturated carbocycles. The van der Waals surface area contributed by atoms with Crippen LogP contribution in [0.2, 0.25) is 0 Å². The van der Waals surface area contributed by atoms with Crippen LogP contribution in [0.5, 0.6) is 17.2 Å². The van der Waals surface area contributed by atoms with E-state index in [4.69, 9.17) is 9.47 Å². The van der Waals surface area contributed by atoms with Gasteiger partial charge in [0.15, 0.2) is 11.5 Å². The summed E-state index contributed by atoms with van der Waals surface area (Å²) in [5.74, 6) is 1.22. The summed E-state index contributed by atoms with van der Waals surface area (Å²) >= 11 is 1.45. The zero-order valence-corrected chi connectivity index (χ0v) is 15.3. The summed E-state index contributed by atoms with van der Waals surface area (Å²) in [6.07, 6.45) is -0.118. The molecule has 1 unspecified atom stereocenters. The van der Waals surface area contributed by atoms with Gasteiger partial charge in [-0.15, -0.1) is 11.3 Å². The molecule has 1 atom stereocenters. The van der Waals surface area contributed by atoms with Crippen molar-refractivity contribution in [1.29, 1.82) is 0 Å². The van der Waals surface area contributed by atoms with Crippen LogP contribution in [0.3, 0.4) is 0 Å². The third kappa shape index (κ3) is 3.76. The third-order valence-corrected chi connectivity index (χ3v) is 4.63. The van der Waals surface area contributed by atoms with Crippen molar-refractivity contribution in [1.82, 2.24) is 0 Å². The van der Waals surface area contributed by atoms with Gasteiger partial charge in [0.2, 0.25) is 0 Å². The first-order valence-corrected chi connectivity index (χ1v) is 8.42. The Balaban J connectivity index is 0.00000176. The summed E-state index contributed by atoms with van der Waals surface area (Å²) in [7, 11) is -4.55. The van der Waals surface area contributed by atoms with E-state index in [-0.39, 0.29) is 59.3 Å². The molecule has 22 heavy (non-hydrogen) atoms. The number of ether oxygens (including phenoxy) is 2. The number of benzene rings is 1. The van der Waals surface area contributed by atoms with Crippen LogP contribution in [0.1, 0.15) is 5.56 Å². The first kappa shape index (κ1) is 17.6. The summed E-state index contributed by atoms with van der Waals surface area (Å²) in [6.45, 7) is 0.289. The maximum atomic E-state index is 11.0. The van der Waals surface area contributed by atoms with Crippen LogP contribution >= 0.6 is 11.3 Å². The number of fused-ring (bicyclic) bond motifs is 1. The Labute approximate surface area is 153 Å². The predicted molar refractivity (Wildman–Crippen MR) is 74.0 cm³/mol. The molecule has 3 rings (SSSR count). The van der Waals surface area contributed by atoms with Crippen molar-refractivity contribution in [2.24, 2.45) is 0 Å². The molecule has 0 saturated heterocycles. The van der Waals surface area contributed by atoms with Gasteiger partial charge in [0.1, 0.15) is 28.6 Å². The average molecular weight is 350 g/mol. The molecule has 1 N–H and O–H groups in total. The number of hydrogen-bond donors (Lipinski definition) is 1. The van der Waals surface area contributed by atoms with Gasteiger partial charge < -0.3 is 19.1 Å². The smallest absolute Gasteiger partial charge is 0.744 e. The molecular formula is C13H11NaO6S2. The fraction of sp³-hybridized carbons (Fsp3) is 0.231. The second kappa shape index (κ2) is 6.77. The maximum Gasteiger partial charge on any atom is 1.00 e. The second-order valence-electron chi connectivity index (χ2n) is 4.60. The summed E-state index contributed by atoms with van der Waals surface area (Å²) in [5, 5.41) is 13.4. The van der Waals surface area contributed by atoms with Crippen LogP contribution in [-0.4, -0.2) is 30.8 Å². The Kier molecular flexibility index (Phi) is 5.41. The molecular weight excluding hydrogens is 339 g/mol. The molecule has 6 nitrogen and oxygen atoms in total. The van der Waals surface area contributed by atoms with Crippen LogP contribution in [0, 0.1) is 0 Å². The average Bonchev–Trinajstić information content (AvgIpc) is 2.87. The SMILES string of the molecule is O=S(=O)([O-])c1ccc(O)c(CC2COc3cscc3O2)c1.[Na+]. The van der Waals surface area contributed by atoms with E-state index in [2.05, 4.69) is 0 Å². The van der Waals surface area contributed by atoms with Gasteiger partial charge in [-0.25, -0.2) is 8.42 Å². The Morgan fingerprint density at radius 2 is 2.05 bits per heavy atom. The van der Waals surface area contributed by atoms with Crippen LogP contribution in [-0.2, 0) is 16.5 Å². The van der Waals surface area contributed by atoms with E-state index in [0.29, 0.717) is 17.1 Å². The first-order valence-electron chi connectivity index (χ1n) is 6.07. The molecule has 0 radical (unpaired) electrons. The van der Waals surface area contributed by atoms with E-state index in [9.17, 15) is 18.1 Å². The predicted octanol–water partition coefficient (Wildman–Crippen LogP) is -1.26. The van der Waals surface area contributed by atoms with E-state index < -0.39 is 10.1 Å². The number of phenolic OH excluding ortho intramolecular Hbond substituents is 1. The van der Waals surface area contributed by atoms with Crippen LogP contribution in [0.4, 0.5) is 0 Å². The molecule has 1 aromatic heterocycles. The molecule has 0 aliphatic carbocycles. The molecule has 1 aliphatic rings. The standard InChI is InChI=1S/C13H12O6S2.Na/c14-11-2-1-10(21(15,16)17)4-8(11)3-9-5-18-12-6-20-7-13(12)19-9;/h1-2,4,6-7,9,14H,3,5H2,(H,15,16,17);/q;+1/p-1. The van der Waals surface area contributed by atoms with Gasteiger partial charge in [-0.2, -0.15) is 0 Å². The molecule has 9 heteroatoms. The number of thiophene rings is 1. The summed E-state index contributed by atoms with van der Waals surface area (Å²) in [6, 6.07) is 3.44. The molecule has 112 valence electrons. The van der Waals surface area contributed by atoms with Crippen LogP contribution in [0.15, 0.2) is 33.9 Å². The van der Waals surface area contributed by atoms with Gasteiger partial charge in [0, 0.05) is 17.2 Å². The van der Waals surface area contributed by atoms with Crippen molar-refractivity contribution in [3.8, 4) is 17.2 Å². The van der Waals surface area contributed by atoms with Crippen molar-refractivity contribution in [3.05, 3.63) is 34.5 Å². The normalized spacial score (nSPS) is 16.9. The Morgan fingerprint density at radius 3 is 2.77 bits per heavy atom. The van der Waals surface area contributed by atoms with Gasteiger partial charge in [-0.1, -0.05) is 0 Å². The molecule has 2 aromatic rings. The van der Waals surface area contributed by atoms with Gasteiger partial charge >= 0.3 is 29.6 Å². The number of hydrogen-bond acceptors (Lipinski definition) is 7. The monoisotopic (exact) mass is 350 g/mol. The van der Waals surface area contributed by atoms with Crippen molar-refractivity contribution >= 4 is 21.5 Å². The van der Waals surface area contributed by atoms with E-state index >= 15 is 0 Å². The first-order chi connectivity index (χ1) is 9.93. The van der Waals surface area contributed by atoms with Gasteiger partial charge in [0.25, 0.3) is 0 Å². The van der Waals surface area contributed by atoms with Crippen molar-refractivity contribution < 1.29 is 57.1 Å². The minimum atomic E-state index is -4.55. The Morgan fingerprint density at radius 1 is 1.32 bits per heavy atom. The van der Waals surface area contributed by atoms with E-state index in [0.717, 1.165) is 6.07 Å². The molecule has 0 amide bonds. The molecule has 0 bridgehead atoms. The zero-order valence-electron chi connectivity index (χ0n) is 11.7. The van der Waals surface area contributed by atoms with Gasteiger partial charge in [-0.05, 0) is 23.8 Å². The van der Waals surface area contributed by atoms with Crippen molar-refractivity contribution in [2.45, 2.75) is 17.4 Å². The van der Waals surface area contributed by atoms with E-state index in [1.54, 1.807) is 5.38 Å². The van der Waals surface area contributed by atoms with Gasteiger partial charge in [0.05, 0.1) is 4.90 Å². The number of phenols is 1. The second-order valence-corrected chi connectivity index (χ2v) is 6.72. The number of rotatable bonds is 3. The Bertz CT molecular complexity index is 771. The zero-order chi connectivity index (χ0) is 15.0. The maximum absolute atomic E-state index is 11.0. The van der Waals surface area contributed by atoms with Crippen molar-refractivity contribution in [3.63, 3.8) is 0 Å². The van der Waals surface area contributed by atoms with Crippen LogP contribution < -0.4 is 39.0 Å². The number of aromatic hydroxyl groups is 1. The summed E-state index contributed by atoms with van der Waals surface area (Å²) in [5.41, 5.74) is 0.333. The van der Waals surface area contributed by atoms with Crippen LogP contribution in [0.25, 0.3) is 0 Å². The summed E-state index contributed by atoms with van der Waals surface area (Å²) in [4.78, 5) is -0.372. The minimum absolute atomic E-state index is 0. The summed E-state index contributed by atoms with van der Waals surface area (Å²) < 4.78 is 44.3. The third-order valence-electron chi connectivity index (χ3n) is 3.10. The molecule has 2 heterocycles. The fourth-order valence-corrected chi connectivity index (χ4v) is 3.28. The topological polar surface area (TPSA) is 95.9 Å². The quantitative estimate of drug-likeness (QED) is 0.549. The van der Waals surface area contributed by atoms with Gasteiger partial charge in [-0.3, -0.25) is 0 Å². The largest absolute Gasteiger partial charge is 1.00 e. The van der Waals surface area contributed by atoms with E-state index in [1.807, 2.05) is 5.38 Å². The molecule has 0 spiro atoms. The molecule has 1 aliphatic heterocycles. The fourth-order valence-electron chi connectivity index (χ4n) is 2.09.